The normalized spacial score (nSPS) is 42.3. The first-order valence-corrected chi connectivity index (χ1v) is 8.21. The zero-order chi connectivity index (χ0) is 12.5. The van der Waals surface area contributed by atoms with E-state index in [0.717, 1.165) is 29.8 Å². The Morgan fingerprint density at radius 1 is 1.00 bits per heavy atom. The molecule has 0 amide bonds. The highest BCUT2D eigenvalue weighted by atomic mass is 15.2. The highest BCUT2D eigenvalue weighted by Gasteiger charge is 2.35. The Kier molecular flexibility index (Phi) is 3.95. The largest absolute Gasteiger partial charge is 0.313 e. The van der Waals surface area contributed by atoms with Crippen LogP contribution in [0.15, 0.2) is 0 Å². The van der Waals surface area contributed by atoms with E-state index in [4.69, 9.17) is 0 Å². The third-order valence-corrected chi connectivity index (χ3v) is 5.57. The van der Waals surface area contributed by atoms with Gasteiger partial charge in [-0.3, -0.25) is 0 Å². The van der Waals surface area contributed by atoms with Crippen molar-refractivity contribution in [3.63, 3.8) is 0 Å². The average molecular weight is 250 g/mol. The second kappa shape index (κ2) is 5.50. The van der Waals surface area contributed by atoms with Crippen LogP contribution in [0, 0.1) is 17.8 Å². The van der Waals surface area contributed by atoms with Crippen LogP contribution in [-0.2, 0) is 0 Å². The van der Waals surface area contributed by atoms with Crippen LogP contribution in [0.1, 0.15) is 52.4 Å². The second-order valence-electron chi connectivity index (χ2n) is 7.20. The Labute approximate surface area is 113 Å². The van der Waals surface area contributed by atoms with Crippen LogP contribution in [-0.4, -0.2) is 36.6 Å². The van der Waals surface area contributed by atoms with E-state index < -0.39 is 0 Å². The highest BCUT2D eigenvalue weighted by Crippen LogP contribution is 2.32. The van der Waals surface area contributed by atoms with Crippen LogP contribution in [0.2, 0.25) is 0 Å². The fourth-order valence-electron chi connectivity index (χ4n) is 4.19. The number of nitrogens with zero attached hydrogens (tertiary/aromatic N) is 1. The minimum atomic E-state index is 0.786. The van der Waals surface area contributed by atoms with Gasteiger partial charge in [0.2, 0.25) is 0 Å². The molecule has 0 aromatic rings. The van der Waals surface area contributed by atoms with Crippen molar-refractivity contribution in [2.75, 3.05) is 19.6 Å². The summed E-state index contributed by atoms with van der Waals surface area (Å²) >= 11 is 0. The zero-order valence-electron chi connectivity index (χ0n) is 12.2. The Morgan fingerprint density at radius 3 is 2.39 bits per heavy atom. The van der Waals surface area contributed by atoms with Crippen molar-refractivity contribution in [1.82, 2.24) is 10.2 Å². The van der Waals surface area contributed by atoms with E-state index in [1.807, 2.05) is 0 Å². The summed E-state index contributed by atoms with van der Waals surface area (Å²) in [6, 6.07) is 1.76. The lowest BCUT2D eigenvalue weighted by atomic mass is 9.78. The first-order valence-electron chi connectivity index (χ1n) is 8.21. The van der Waals surface area contributed by atoms with E-state index in [2.05, 4.69) is 24.1 Å². The lowest BCUT2D eigenvalue weighted by molar-refractivity contribution is 0.200. The van der Waals surface area contributed by atoms with Crippen molar-refractivity contribution in [1.29, 1.82) is 0 Å². The molecule has 1 saturated heterocycles. The van der Waals surface area contributed by atoms with Gasteiger partial charge < -0.3 is 10.2 Å². The van der Waals surface area contributed by atoms with E-state index in [0.29, 0.717) is 0 Å². The van der Waals surface area contributed by atoms with E-state index in [1.165, 1.54) is 58.2 Å². The number of likely N-dealkylation sites (tertiary alicyclic amines) is 1. The van der Waals surface area contributed by atoms with Crippen molar-refractivity contribution >= 4 is 0 Å². The third-order valence-electron chi connectivity index (χ3n) is 5.57. The van der Waals surface area contributed by atoms with Gasteiger partial charge in [0.05, 0.1) is 0 Å². The monoisotopic (exact) mass is 250 g/mol. The van der Waals surface area contributed by atoms with Crippen LogP contribution < -0.4 is 5.32 Å². The van der Waals surface area contributed by atoms with E-state index in [9.17, 15) is 0 Å². The molecule has 3 fully saturated rings. The highest BCUT2D eigenvalue weighted by molar-refractivity contribution is 4.91. The predicted octanol–water partition coefficient (Wildman–Crippen LogP) is 2.89. The zero-order valence-corrected chi connectivity index (χ0v) is 12.2. The number of rotatable bonds is 4. The third kappa shape index (κ3) is 2.91. The van der Waals surface area contributed by atoms with Crippen molar-refractivity contribution in [2.24, 2.45) is 17.8 Å². The Morgan fingerprint density at radius 2 is 1.72 bits per heavy atom. The van der Waals surface area contributed by atoms with E-state index in [1.54, 1.807) is 0 Å². The Bertz CT molecular complexity index is 264. The number of hydrogen-bond acceptors (Lipinski definition) is 2. The Balaban J connectivity index is 1.43. The number of hydrogen-bond donors (Lipinski definition) is 1. The molecule has 3 aliphatic rings. The van der Waals surface area contributed by atoms with Crippen molar-refractivity contribution in [3.05, 3.63) is 0 Å². The minimum Gasteiger partial charge on any atom is -0.313 e. The quantitative estimate of drug-likeness (QED) is 0.825. The SMILES string of the molecule is CC1CCCC(C)C1NCC1CCN(C2CC2)C1. The standard InChI is InChI=1S/C16H30N2/c1-12-4-3-5-13(2)16(12)17-10-14-8-9-18(11-14)15-6-7-15/h12-17H,3-11H2,1-2H3. The summed E-state index contributed by atoms with van der Waals surface area (Å²) in [6.07, 6.45) is 8.67. The maximum absolute atomic E-state index is 3.92. The topological polar surface area (TPSA) is 15.3 Å². The molecular formula is C16H30N2. The summed E-state index contributed by atoms with van der Waals surface area (Å²) in [5.41, 5.74) is 0. The van der Waals surface area contributed by atoms with E-state index in [-0.39, 0.29) is 0 Å². The smallest absolute Gasteiger partial charge is 0.0118 e. The van der Waals surface area contributed by atoms with Gasteiger partial charge in [-0.2, -0.15) is 0 Å². The number of nitrogens with one attached hydrogen (secondary N) is 1. The lowest BCUT2D eigenvalue weighted by Gasteiger charge is -2.36. The first-order chi connectivity index (χ1) is 8.74. The summed E-state index contributed by atoms with van der Waals surface area (Å²) in [5, 5.41) is 3.92. The van der Waals surface area contributed by atoms with Crippen LogP contribution in [0.4, 0.5) is 0 Å². The molecule has 18 heavy (non-hydrogen) atoms. The summed E-state index contributed by atoms with van der Waals surface area (Å²) in [7, 11) is 0. The summed E-state index contributed by atoms with van der Waals surface area (Å²) in [6.45, 7) is 8.89. The van der Waals surface area contributed by atoms with Gasteiger partial charge in [-0.1, -0.05) is 20.3 Å². The molecule has 2 nitrogen and oxygen atoms in total. The molecule has 2 saturated carbocycles. The van der Waals surface area contributed by atoms with Crippen LogP contribution in [0.25, 0.3) is 0 Å². The summed E-state index contributed by atoms with van der Waals surface area (Å²) in [5.74, 6) is 2.69. The molecule has 3 rings (SSSR count). The summed E-state index contributed by atoms with van der Waals surface area (Å²) < 4.78 is 0. The van der Waals surface area contributed by atoms with E-state index >= 15 is 0 Å². The fourth-order valence-corrected chi connectivity index (χ4v) is 4.19. The molecule has 1 heterocycles. The fraction of sp³-hybridized carbons (Fsp3) is 1.00. The molecule has 1 N–H and O–H groups in total. The van der Waals surface area contributed by atoms with Gasteiger partial charge in [0.25, 0.3) is 0 Å². The molecule has 1 aliphatic heterocycles. The van der Waals surface area contributed by atoms with Crippen LogP contribution in [0.5, 0.6) is 0 Å². The van der Waals surface area contributed by atoms with Crippen LogP contribution >= 0.6 is 0 Å². The molecule has 0 bridgehead atoms. The van der Waals surface area contributed by atoms with Gasteiger partial charge in [-0.15, -0.1) is 0 Å². The van der Waals surface area contributed by atoms with Gasteiger partial charge in [0.1, 0.15) is 0 Å². The van der Waals surface area contributed by atoms with Gasteiger partial charge >= 0.3 is 0 Å². The molecule has 104 valence electrons. The first kappa shape index (κ1) is 12.9. The maximum Gasteiger partial charge on any atom is 0.0118 e. The van der Waals surface area contributed by atoms with Crippen molar-refractivity contribution in [2.45, 2.75) is 64.5 Å². The molecule has 2 aliphatic carbocycles. The molecule has 0 aromatic heterocycles. The summed E-state index contributed by atoms with van der Waals surface area (Å²) in [4.78, 5) is 2.74. The molecule has 2 heteroatoms. The van der Waals surface area contributed by atoms with Crippen molar-refractivity contribution in [3.8, 4) is 0 Å². The molecule has 0 radical (unpaired) electrons. The molecule has 0 spiro atoms. The molecular weight excluding hydrogens is 220 g/mol. The van der Waals surface area contributed by atoms with Gasteiger partial charge in [-0.25, -0.2) is 0 Å². The second-order valence-corrected chi connectivity index (χ2v) is 7.20. The molecule has 0 aromatic carbocycles. The van der Waals surface area contributed by atoms with Gasteiger partial charge in [-0.05, 0) is 62.9 Å². The molecule has 3 atom stereocenters. The average Bonchev–Trinajstić information content (AvgIpc) is 3.09. The van der Waals surface area contributed by atoms with Crippen LogP contribution in [0.3, 0.4) is 0 Å². The van der Waals surface area contributed by atoms with Gasteiger partial charge in [0, 0.05) is 18.6 Å². The van der Waals surface area contributed by atoms with Gasteiger partial charge in [0.15, 0.2) is 0 Å². The predicted molar refractivity (Wildman–Crippen MR) is 76.7 cm³/mol. The Hall–Kier alpha value is -0.0800. The maximum atomic E-state index is 3.92. The lowest BCUT2D eigenvalue weighted by Crippen LogP contribution is -2.45. The molecule has 3 unspecified atom stereocenters. The van der Waals surface area contributed by atoms with Crippen molar-refractivity contribution < 1.29 is 0 Å². The minimum absolute atomic E-state index is 0.786.